The standard InChI is InChI=1S/C6H9BrO2S/c7-5-10(8,9)6-3-1-2-4-6/h3H,1-2,4-5H2. The Balaban J connectivity index is 2.83. The lowest BCUT2D eigenvalue weighted by atomic mass is 10.4. The SMILES string of the molecule is O=S(=O)(CBr)C1=CCCC1. The van der Waals surface area contributed by atoms with Crippen molar-refractivity contribution in [3.05, 3.63) is 11.0 Å². The molecule has 0 aromatic heterocycles. The molecule has 0 saturated carbocycles. The third-order valence-electron chi connectivity index (χ3n) is 1.54. The molecule has 10 heavy (non-hydrogen) atoms. The van der Waals surface area contributed by atoms with Crippen molar-refractivity contribution in [2.75, 3.05) is 4.66 Å². The molecule has 1 aliphatic carbocycles. The molecule has 0 bridgehead atoms. The third-order valence-corrected chi connectivity index (χ3v) is 4.81. The molecule has 0 unspecified atom stereocenters. The van der Waals surface area contributed by atoms with Gasteiger partial charge in [0, 0.05) is 4.91 Å². The highest BCUT2D eigenvalue weighted by molar-refractivity contribution is 9.10. The van der Waals surface area contributed by atoms with Crippen molar-refractivity contribution in [3.8, 4) is 0 Å². The Kier molecular flexibility index (Phi) is 2.52. The summed E-state index contributed by atoms with van der Waals surface area (Å²) in [5.41, 5.74) is 0. The maximum atomic E-state index is 11.1. The van der Waals surface area contributed by atoms with E-state index in [1.54, 1.807) is 0 Å². The van der Waals surface area contributed by atoms with E-state index < -0.39 is 9.84 Å². The van der Waals surface area contributed by atoms with Gasteiger partial charge in [-0.1, -0.05) is 22.0 Å². The molecule has 0 aromatic carbocycles. The Morgan fingerprint density at radius 2 is 2.30 bits per heavy atom. The Labute approximate surface area is 69.4 Å². The Hall–Kier alpha value is 0.170. The fraction of sp³-hybridized carbons (Fsp3) is 0.667. The summed E-state index contributed by atoms with van der Waals surface area (Å²) in [5, 5.41) is 0. The fourth-order valence-electron chi connectivity index (χ4n) is 0.994. The molecule has 0 aliphatic heterocycles. The van der Waals surface area contributed by atoms with Gasteiger partial charge in [-0.3, -0.25) is 0 Å². The van der Waals surface area contributed by atoms with Crippen LogP contribution in [0.15, 0.2) is 11.0 Å². The summed E-state index contributed by atoms with van der Waals surface area (Å²) in [5.74, 6) is 0. The van der Waals surface area contributed by atoms with Crippen molar-refractivity contribution in [2.45, 2.75) is 19.3 Å². The topological polar surface area (TPSA) is 34.1 Å². The van der Waals surface area contributed by atoms with E-state index in [0.29, 0.717) is 4.91 Å². The number of hydrogen-bond donors (Lipinski definition) is 0. The first-order valence-electron chi connectivity index (χ1n) is 3.14. The maximum absolute atomic E-state index is 11.1. The van der Waals surface area contributed by atoms with Crippen molar-refractivity contribution in [1.29, 1.82) is 0 Å². The predicted molar refractivity (Wildman–Crippen MR) is 44.6 cm³/mol. The van der Waals surface area contributed by atoms with Crippen LogP contribution < -0.4 is 0 Å². The van der Waals surface area contributed by atoms with Crippen LogP contribution in [0.4, 0.5) is 0 Å². The lowest BCUT2D eigenvalue weighted by Crippen LogP contribution is -2.02. The molecule has 0 fully saturated rings. The van der Waals surface area contributed by atoms with Crippen molar-refractivity contribution in [2.24, 2.45) is 0 Å². The zero-order valence-corrected chi connectivity index (χ0v) is 7.91. The second-order valence-electron chi connectivity index (χ2n) is 2.29. The number of halogens is 1. The lowest BCUT2D eigenvalue weighted by molar-refractivity contribution is 0.605. The van der Waals surface area contributed by atoms with Crippen LogP contribution in [-0.2, 0) is 9.84 Å². The van der Waals surface area contributed by atoms with Crippen molar-refractivity contribution in [1.82, 2.24) is 0 Å². The van der Waals surface area contributed by atoms with E-state index in [9.17, 15) is 8.42 Å². The Bertz CT molecular complexity index is 240. The van der Waals surface area contributed by atoms with E-state index in [2.05, 4.69) is 15.9 Å². The molecular weight excluding hydrogens is 216 g/mol. The summed E-state index contributed by atoms with van der Waals surface area (Å²) in [6.45, 7) is 0. The summed E-state index contributed by atoms with van der Waals surface area (Å²) in [7, 11) is -2.92. The molecular formula is C6H9BrO2S. The molecule has 0 heterocycles. The number of alkyl halides is 1. The Morgan fingerprint density at radius 3 is 2.70 bits per heavy atom. The van der Waals surface area contributed by atoms with Gasteiger partial charge in [0.2, 0.25) is 0 Å². The van der Waals surface area contributed by atoms with Crippen LogP contribution in [0.1, 0.15) is 19.3 Å². The Morgan fingerprint density at radius 1 is 1.60 bits per heavy atom. The first kappa shape index (κ1) is 8.27. The first-order chi connectivity index (χ1) is 4.67. The van der Waals surface area contributed by atoms with Crippen LogP contribution in [0.2, 0.25) is 0 Å². The van der Waals surface area contributed by atoms with Crippen molar-refractivity contribution >= 4 is 25.8 Å². The molecule has 2 nitrogen and oxygen atoms in total. The second-order valence-corrected chi connectivity index (χ2v) is 5.63. The normalized spacial score (nSPS) is 19.1. The van der Waals surface area contributed by atoms with Gasteiger partial charge in [-0.2, -0.15) is 0 Å². The molecule has 1 rings (SSSR count). The smallest absolute Gasteiger partial charge is 0.184 e. The third kappa shape index (κ3) is 1.61. The number of rotatable bonds is 2. The number of allylic oxidation sites excluding steroid dienone is 2. The van der Waals surface area contributed by atoms with Crippen LogP contribution in [0.3, 0.4) is 0 Å². The summed E-state index contributed by atoms with van der Waals surface area (Å²) < 4.78 is 22.2. The summed E-state index contributed by atoms with van der Waals surface area (Å²) in [4.78, 5) is 0.615. The monoisotopic (exact) mass is 224 g/mol. The zero-order chi connectivity index (χ0) is 7.61. The molecule has 0 aromatic rings. The van der Waals surface area contributed by atoms with E-state index in [0.717, 1.165) is 19.3 Å². The average molecular weight is 225 g/mol. The second kappa shape index (κ2) is 3.05. The van der Waals surface area contributed by atoms with Crippen molar-refractivity contribution < 1.29 is 8.42 Å². The molecule has 0 saturated heterocycles. The lowest BCUT2D eigenvalue weighted by Gasteiger charge is -1.97. The minimum atomic E-state index is -2.92. The molecule has 1 aliphatic rings. The molecule has 0 spiro atoms. The van der Waals surface area contributed by atoms with Crippen molar-refractivity contribution in [3.63, 3.8) is 0 Å². The van der Waals surface area contributed by atoms with Gasteiger partial charge in [0.1, 0.15) is 4.66 Å². The van der Waals surface area contributed by atoms with Gasteiger partial charge in [0.15, 0.2) is 9.84 Å². The molecule has 0 amide bonds. The van der Waals surface area contributed by atoms with E-state index in [1.807, 2.05) is 6.08 Å². The first-order valence-corrected chi connectivity index (χ1v) is 5.92. The highest BCUT2D eigenvalue weighted by Gasteiger charge is 2.18. The number of hydrogen-bond acceptors (Lipinski definition) is 2. The molecule has 4 heteroatoms. The zero-order valence-electron chi connectivity index (χ0n) is 5.51. The van der Waals surface area contributed by atoms with Crippen LogP contribution >= 0.6 is 15.9 Å². The number of sulfone groups is 1. The highest BCUT2D eigenvalue weighted by Crippen LogP contribution is 2.24. The summed E-state index contributed by atoms with van der Waals surface area (Å²) >= 11 is 2.95. The largest absolute Gasteiger partial charge is 0.223 e. The van der Waals surface area contributed by atoms with Gasteiger partial charge in [0.25, 0.3) is 0 Å². The van der Waals surface area contributed by atoms with Crippen LogP contribution in [0.5, 0.6) is 0 Å². The van der Waals surface area contributed by atoms with Gasteiger partial charge in [0.05, 0.1) is 0 Å². The van der Waals surface area contributed by atoms with E-state index in [-0.39, 0.29) is 4.66 Å². The van der Waals surface area contributed by atoms with E-state index in [1.165, 1.54) is 0 Å². The molecule has 58 valence electrons. The minimum absolute atomic E-state index is 0.0613. The van der Waals surface area contributed by atoms with Crippen LogP contribution in [-0.4, -0.2) is 13.1 Å². The molecule has 0 radical (unpaired) electrons. The quantitative estimate of drug-likeness (QED) is 0.671. The van der Waals surface area contributed by atoms with Gasteiger partial charge in [-0.15, -0.1) is 0 Å². The van der Waals surface area contributed by atoms with Gasteiger partial charge in [-0.25, -0.2) is 8.42 Å². The van der Waals surface area contributed by atoms with Crippen LogP contribution in [0, 0.1) is 0 Å². The molecule has 0 atom stereocenters. The van der Waals surface area contributed by atoms with Gasteiger partial charge >= 0.3 is 0 Å². The van der Waals surface area contributed by atoms with Gasteiger partial charge in [-0.05, 0) is 19.3 Å². The molecule has 0 N–H and O–H groups in total. The highest BCUT2D eigenvalue weighted by atomic mass is 79.9. The summed E-state index contributed by atoms with van der Waals surface area (Å²) in [6, 6.07) is 0. The van der Waals surface area contributed by atoms with Gasteiger partial charge < -0.3 is 0 Å². The fourth-order valence-corrected chi connectivity index (χ4v) is 2.84. The summed E-state index contributed by atoms with van der Waals surface area (Å²) in [6.07, 6.45) is 4.45. The average Bonchev–Trinajstić information content (AvgIpc) is 2.38. The maximum Gasteiger partial charge on any atom is 0.184 e. The minimum Gasteiger partial charge on any atom is -0.223 e. The van der Waals surface area contributed by atoms with E-state index in [4.69, 9.17) is 0 Å². The van der Waals surface area contributed by atoms with Crippen LogP contribution in [0.25, 0.3) is 0 Å². The van der Waals surface area contributed by atoms with E-state index >= 15 is 0 Å². The predicted octanol–water partition coefficient (Wildman–Crippen LogP) is 1.82.